The Morgan fingerprint density at radius 2 is 1.83 bits per heavy atom. The lowest BCUT2D eigenvalue weighted by Crippen LogP contribution is -2.05. The monoisotopic (exact) mass is 285 g/mol. The van der Waals surface area contributed by atoms with Gasteiger partial charge >= 0.3 is 5.69 Å². The third-order valence-corrected chi connectivity index (χ3v) is 3.05. The number of aryl methyl sites for hydroxylation is 2. The van der Waals surface area contributed by atoms with Crippen molar-refractivity contribution in [3.63, 3.8) is 0 Å². The van der Waals surface area contributed by atoms with Gasteiger partial charge in [0.15, 0.2) is 0 Å². The first kappa shape index (κ1) is 12.9. The maximum absolute atomic E-state index is 11.1. The number of aromatic nitrogens is 2. The molecule has 0 amide bonds. The van der Waals surface area contributed by atoms with Crippen LogP contribution in [0.15, 0.2) is 18.2 Å². The second kappa shape index (κ2) is 4.59. The molecule has 2 aromatic rings. The van der Waals surface area contributed by atoms with Crippen LogP contribution in [0.2, 0.25) is 10.3 Å². The molecule has 2 aromatic heterocycles. The first-order valence-corrected chi connectivity index (χ1v) is 5.83. The summed E-state index contributed by atoms with van der Waals surface area (Å²) in [6, 6.07) is 5.16. The number of hydrogen-bond acceptors (Lipinski definition) is 3. The van der Waals surface area contributed by atoms with Crippen molar-refractivity contribution in [2.45, 2.75) is 13.8 Å². The van der Waals surface area contributed by atoms with Gasteiger partial charge in [0.2, 0.25) is 5.15 Å². The Labute approximate surface area is 113 Å². The number of hydrogen-bond donors (Lipinski definition) is 0. The fraction of sp³-hybridized carbons (Fsp3) is 0.182. The predicted octanol–water partition coefficient (Wildman–Crippen LogP) is 3.70. The van der Waals surface area contributed by atoms with E-state index in [2.05, 4.69) is 4.98 Å². The van der Waals surface area contributed by atoms with Crippen molar-refractivity contribution in [3.05, 3.63) is 50.0 Å². The smallest absolute Gasteiger partial charge is 0.312 e. The number of nitro groups is 1. The highest BCUT2D eigenvalue weighted by molar-refractivity contribution is 6.34. The van der Waals surface area contributed by atoms with Crippen LogP contribution in [0, 0.1) is 24.0 Å². The summed E-state index contributed by atoms with van der Waals surface area (Å²) in [4.78, 5) is 14.2. The fourth-order valence-electron chi connectivity index (χ4n) is 1.85. The second-order valence-electron chi connectivity index (χ2n) is 3.81. The zero-order chi connectivity index (χ0) is 13.4. The van der Waals surface area contributed by atoms with E-state index in [1.807, 2.05) is 26.0 Å². The van der Waals surface area contributed by atoms with Crippen LogP contribution in [0.1, 0.15) is 11.4 Å². The molecule has 0 aliphatic carbocycles. The average Bonchev–Trinajstić information content (AvgIpc) is 2.56. The Morgan fingerprint density at radius 1 is 1.28 bits per heavy atom. The van der Waals surface area contributed by atoms with Crippen LogP contribution < -0.4 is 0 Å². The Morgan fingerprint density at radius 3 is 2.33 bits per heavy atom. The third kappa shape index (κ3) is 2.07. The van der Waals surface area contributed by atoms with Gasteiger partial charge in [0.1, 0.15) is 10.8 Å². The van der Waals surface area contributed by atoms with Gasteiger partial charge in [-0.2, -0.15) is 0 Å². The van der Waals surface area contributed by atoms with Gasteiger partial charge in [-0.05, 0) is 26.0 Å². The molecule has 94 valence electrons. The first-order chi connectivity index (χ1) is 8.41. The van der Waals surface area contributed by atoms with Crippen molar-refractivity contribution in [2.24, 2.45) is 0 Å². The van der Waals surface area contributed by atoms with Gasteiger partial charge in [0, 0.05) is 17.5 Å². The van der Waals surface area contributed by atoms with E-state index in [1.165, 1.54) is 6.07 Å². The van der Waals surface area contributed by atoms with Crippen molar-refractivity contribution in [3.8, 4) is 5.69 Å². The van der Waals surface area contributed by atoms with Crippen molar-refractivity contribution in [1.29, 1.82) is 0 Å². The van der Waals surface area contributed by atoms with Gasteiger partial charge in [0.25, 0.3) is 0 Å². The van der Waals surface area contributed by atoms with Crippen molar-refractivity contribution in [2.75, 3.05) is 0 Å². The minimum absolute atomic E-state index is 0.119. The van der Waals surface area contributed by atoms with E-state index in [0.29, 0.717) is 5.69 Å². The average molecular weight is 286 g/mol. The molecule has 0 N–H and O–H groups in total. The standard InChI is InChI=1S/C11H9Cl2N3O2/c1-6-3-4-7(2)15(6)8-5-9(12)14-11(13)10(8)16(17)18/h3-5H,1-2H3. The molecular formula is C11H9Cl2N3O2. The van der Waals surface area contributed by atoms with Crippen LogP contribution in [0.4, 0.5) is 5.69 Å². The number of pyridine rings is 1. The van der Waals surface area contributed by atoms with Gasteiger partial charge in [-0.25, -0.2) is 4.98 Å². The normalized spacial score (nSPS) is 10.7. The molecule has 0 saturated heterocycles. The van der Waals surface area contributed by atoms with E-state index in [4.69, 9.17) is 23.2 Å². The molecule has 0 unspecified atom stereocenters. The predicted molar refractivity (Wildman–Crippen MR) is 69.7 cm³/mol. The minimum atomic E-state index is -0.556. The largest absolute Gasteiger partial charge is 0.330 e. The number of halogens is 2. The molecule has 2 rings (SSSR count). The van der Waals surface area contributed by atoms with Gasteiger partial charge in [-0.3, -0.25) is 10.1 Å². The Hall–Kier alpha value is -1.59. The Balaban J connectivity index is 2.82. The highest BCUT2D eigenvalue weighted by Crippen LogP contribution is 2.33. The molecule has 0 atom stereocenters. The molecule has 0 aliphatic heterocycles. The quantitative estimate of drug-likeness (QED) is 0.480. The fourth-order valence-corrected chi connectivity index (χ4v) is 2.34. The molecule has 2 heterocycles. The summed E-state index contributed by atoms with van der Waals surface area (Å²) in [7, 11) is 0. The number of nitrogens with zero attached hydrogens (tertiary/aromatic N) is 3. The zero-order valence-corrected chi connectivity index (χ0v) is 11.2. The summed E-state index contributed by atoms with van der Waals surface area (Å²) in [5, 5.41) is 11.0. The summed E-state index contributed by atoms with van der Waals surface area (Å²) in [6.45, 7) is 3.69. The van der Waals surface area contributed by atoms with Crippen molar-refractivity contribution in [1.82, 2.24) is 9.55 Å². The molecule has 0 aromatic carbocycles. The highest BCUT2D eigenvalue weighted by atomic mass is 35.5. The van der Waals surface area contributed by atoms with E-state index in [-0.39, 0.29) is 16.0 Å². The molecule has 0 spiro atoms. The Bertz CT molecular complexity index is 618. The lowest BCUT2D eigenvalue weighted by molar-refractivity contribution is -0.384. The van der Waals surface area contributed by atoms with Crippen LogP contribution in [0.5, 0.6) is 0 Å². The molecule has 0 aliphatic rings. The zero-order valence-electron chi connectivity index (χ0n) is 9.65. The van der Waals surface area contributed by atoms with E-state index < -0.39 is 4.92 Å². The topological polar surface area (TPSA) is 61.0 Å². The van der Waals surface area contributed by atoms with Crippen molar-refractivity contribution >= 4 is 28.9 Å². The van der Waals surface area contributed by atoms with E-state index in [0.717, 1.165) is 11.4 Å². The highest BCUT2D eigenvalue weighted by Gasteiger charge is 2.24. The van der Waals surface area contributed by atoms with Gasteiger partial charge in [0.05, 0.1) is 4.92 Å². The van der Waals surface area contributed by atoms with Gasteiger partial charge < -0.3 is 4.57 Å². The molecular weight excluding hydrogens is 277 g/mol. The van der Waals surface area contributed by atoms with Crippen LogP contribution in [-0.4, -0.2) is 14.5 Å². The Kier molecular flexibility index (Phi) is 3.28. The SMILES string of the molecule is Cc1ccc(C)n1-c1cc(Cl)nc(Cl)c1[N+](=O)[O-]. The van der Waals surface area contributed by atoms with Crippen LogP contribution in [0.3, 0.4) is 0 Å². The molecule has 18 heavy (non-hydrogen) atoms. The van der Waals surface area contributed by atoms with Crippen LogP contribution in [-0.2, 0) is 0 Å². The molecule has 0 radical (unpaired) electrons. The van der Waals surface area contributed by atoms with Gasteiger partial charge in [-0.1, -0.05) is 23.2 Å². The first-order valence-electron chi connectivity index (χ1n) is 5.07. The third-order valence-electron chi connectivity index (χ3n) is 2.59. The van der Waals surface area contributed by atoms with E-state index in [1.54, 1.807) is 4.57 Å². The summed E-state index contributed by atoms with van der Waals surface area (Å²) >= 11 is 11.6. The van der Waals surface area contributed by atoms with Gasteiger partial charge in [-0.15, -0.1) is 0 Å². The molecule has 0 saturated carbocycles. The summed E-state index contributed by atoms with van der Waals surface area (Å²) < 4.78 is 1.72. The lowest BCUT2D eigenvalue weighted by atomic mass is 10.3. The second-order valence-corrected chi connectivity index (χ2v) is 4.56. The summed E-state index contributed by atoms with van der Waals surface area (Å²) in [6.07, 6.45) is 0. The molecule has 5 nitrogen and oxygen atoms in total. The molecule has 0 fully saturated rings. The summed E-state index contributed by atoms with van der Waals surface area (Å²) in [5.41, 5.74) is 1.79. The summed E-state index contributed by atoms with van der Waals surface area (Å²) in [5.74, 6) is 0. The minimum Gasteiger partial charge on any atom is -0.312 e. The maximum atomic E-state index is 11.1. The van der Waals surface area contributed by atoms with Crippen LogP contribution >= 0.6 is 23.2 Å². The lowest BCUT2D eigenvalue weighted by Gasteiger charge is -2.10. The number of rotatable bonds is 2. The van der Waals surface area contributed by atoms with E-state index in [9.17, 15) is 10.1 Å². The molecule has 0 bridgehead atoms. The maximum Gasteiger partial charge on any atom is 0.330 e. The van der Waals surface area contributed by atoms with Crippen molar-refractivity contribution < 1.29 is 4.92 Å². The van der Waals surface area contributed by atoms with Crippen LogP contribution in [0.25, 0.3) is 5.69 Å². The molecule has 7 heteroatoms. The van der Waals surface area contributed by atoms with E-state index >= 15 is 0 Å².